The van der Waals surface area contributed by atoms with Crippen LogP contribution in [0.3, 0.4) is 0 Å². The number of anilines is 2. The fourth-order valence-electron chi connectivity index (χ4n) is 5.97. The first-order valence-electron chi connectivity index (χ1n) is 13.6. The van der Waals surface area contributed by atoms with Crippen LogP contribution in [0.1, 0.15) is 35.4 Å². The van der Waals surface area contributed by atoms with Crippen LogP contribution in [0.2, 0.25) is 0 Å². The smallest absolute Gasteiger partial charge is 0.323 e. The van der Waals surface area contributed by atoms with Gasteiger partial charge in [-0.2, -0.15) is 0 Å². The third-order valence-corrected chi connectivity index (χ3v) is 7.99. The molecule has 3 N–H and O–H groups in total. The van der Waals surface area contributed by atoms with Crippen molar-refractivity contribution in [3.05, 3.63) is 83.4 Å². The van der Waals surface area contributed by atoms with E-state index in [9.17, 15) is 14.7 Å². The molecule has 4 atom stereocenters. The van der Waals surface area contributed by atoms with Crippen molar-refractivity contribution in [2.45, 2.75) is 50.0 Å². The van der Waals surface area contributed by atoms with Gasteiger partial charge >= 0.3 is 6.03 Å². The molecule has 0 saturated carbocycles. The summed E-state index contributed by atoms with van der Waals surface area (Å²) < 4.78 is 17.5. The van der Waals surface area contributed by atoms with Gasteiger partial charge in [0, 0.05) is 35.9 Å². The molecule has 0 bridgehead atoms. The number of urea groups is 1. The SMILES string of the molecule is COc1ccc(NC(=O)Nc2ccc3c(c2)[C@H]2C[C@H](CC(=O)N4CCc5ccccc5C4)O[C@H](CO)[C@H]2O3)cc1. The molecular formula is C31H33N3O6. The van der Waals surface area contributed by atoms with Gasteiger partial charge in [0.05, 0.1) is 26.2 Å². The Morgan fingerprint density at radius 2 is 1.77 bits per heavy atom. The lowest BCUT2D eigenvalue weighted by molar-refractivity contribution is -0.149. The molecule has 3 heterocycles. The quantitative estimate of drug-likeness (QED) is 0.428. The average molecular weight is 544 g/mol. The van der Waals surface area contributed by atoms with Gasteiger partial charge in [0.2, 0.25) is 5.91 Å². The molecule has 3 amide bonds. The third kappa shape index (κ3) is 5.35. The molecule has 6 rings (SSSR count). The Morgan fingerprint density at radius 1 is 1.02 bits per heavy atom. The van der Waals surface area contributed by atoms with Crippen molar-refractivity contribution < 1.29 is 28.9 Å². The second kappa shape index (κ2) is 11.2. The summed E-state index contributed by atoms with van der Waals surface area (Å²) in [4.78, 5) is 27.8. The van der Waals surface area contributed by atoms with E-state index in [0.29, 0.717) is 42.4 Å². The number of rotatable bonds is 6. The fraction of sp³-hybridized carbons (Fsp3) is 0.355. The van der Waals surface area contributed by atoms with E-state index < -0.39 is 6.10 Å². The number of methoxy groups -OCH3 is 1. The summed E-state index contributed by atoms with van der Waals surface area (Å²) in [6.07, 6.45) is 0.455. The van der Waals surface area contributed by atoms with Crippen molar-refractivity contribution in [2.75, 3.05) is 30.9 Å². The normalized spacial score (nSPS) is 22.8. The maximum absolute atomic E-state index is 13.3. The number of aliphatic hydroxyl groups is 1. The fourth-order valence-corrected chi connectivity index (χ4v) is 5.97. The minimum absolute atomic E-state index is 0.0550. The number of aliphatic hydroxyl groups excluding tert-OH is 1. The van der Waals surface area contributed by atoms with Gasteiger partial charge in [0.15, 0.2) is 0 Å². The Kier molecular flexibility index (Phi) is 7.32. The number of carbonyl (C=O) groups excluding carboxylic acids is 2. The predicted octanol–water partition coefficient (Wildman–Crippen LogP) is 4.31. The van der Waals surface area contributed by atoms with Gasteiger partial charge < -0.3 is 34.9 Å². The maximum Gasteiger partial charge on any atom is 0.323 e. The number of amides is 3. The molecule has 3 aliphatic heterocycles. The lowest BCUT2D eigenvalue weighted by atomic mass is 9.84. The number of benzene rings is 3. The number of nitrogens with zero attached hydrogens (tertiary/aromatic N) is 1. The monoisotopic (exact) mass is 543 g/mol. The van der Waals surface area contributed by atoms with Gasteiger partial charge in [-0.3, -0.25) is 4.79 Å². The van der Waals surface area contributed by atoms with Crippen molar-refractivity contribution >= 4 is 23.3 Å². The van der Waals surface area contributed by atoms with Crippen LogP contribution in [0, 0.1) is 0 Å². The second-order valence-corrected chi connectivity index (χ2v) is 10.5. The van der Waals surface area contributed by atoms with Crippen LogP contribution in [0.25, 0.3) is 0 Å². The van der Waals surface area contributed by atoms with E-state index >= 15 is 0 Å². The summed E-state index contributed by atoms with van der Waals surface area (Å²) in [5, 5.41) is 15.8. The van der Waals surface area contributed by atoms with Crippen LogP contribution in [-0.2, 0) is 22.5 Å². The Morgan fingerprint density at radius 3 is 2.55 bits per heavy atom. The topological polar surface area (TPSA) is 109 Å². The molecule has 0 spiro atoms. The first kappa shape index (κ1) is 26.2. The highest BCUT2D eigenvalue weighted by Gasteiger charge is 2.46. The predicted molar refractivity (Wildman–Crippen MR) is 150 cm³/mol. The van der Waals surface area contributed by atoms with Crippen molar-refractivity contribution in [1.82, 2.24) is 4.90 Å². The lowest BCUT2D eigenvalue weighted by Gasteiger charge is -2.38. The Hall–Kier alpha value is -4.08. The van der Waals surface area contributed by atoms with Crippen molar-refractivity contribution in [3.63, 3.8) is 0 Å². The largest absolute Gasteiger partial charge is 0.497 e. The van der Waals surface area contributed by atoms with Gasteiger partial charge in [-0.05, 0) is 66.4 Å². The van der Waals surface area contributed by atoms with Crippen LogP contribution >= 0.6 is 0 Å². The van der Waals surface area contributed by atoms with E-state index in [0.717, 1.165) is 12.0 Å². The van der Waals surface area contributed by atoms with E-state index in [-0.39, 0.29) is 43.1 Å². The number of carbonyl (C=O) groups is 2. The zero-order valence-corrected chi connectivity index (χ0v) is 22.3. The van der Waals surface area contributed by atoms with E-state index in [1.807, 2.05) is 29.2 Å². The number of hydrogen-bond donors (Lipinski definition) is 3. The van der Waals surface area contributed by atoms with E-state index in [2.05, 4.69) is 22.8 Å². The van der Waals surface area contributed by atoms with Crippen LogP contribution in [0.5, 0.6) is 11.5 Å². The first-order valence-corrected chi connectivity index (χ1v) is 13.6. The summed E-state index contributed by atoms with van der Waals surface area (Å²) in [6.45, 7) is 1.10. The third-order valence-electron chi connectivity index (χ3n) is 7.99. The summed E-state index contributed by atoms with van der Waals surface area (Å²) in [5.74, 6) is 1.41. The van der Waals surface area contributed by atoms with Crippen LogP contribution in [0.4, 0.5) is 16.2 Å². The van der Waals surface area contributed by atoms with E-state index in [1.54, 1.807) is 37.4 Å². The zero-order valence-electron chi connectivity index (χ0n) is 22.3. The Balaban J connectivity index is 1.12. The number of hydrogen-bond acceptors (Lipinski definition) is 6. The van der Waals surface area contributed by atoms with Gasteiger partial charge in [0.1, 0.15) is 23.7 Å². The molecule has 1 saturated heterocycles. The van der Waals surface area contributed by atoms with Crippen molar-refractivity contribution in [2.24, 2.45) is 0 Å². The first-order chi connectivity index (χ1) is 19.5. The minimum Gasteiger partial charge on any atom is -0.497 e. The summed E-state index contributed by atoms with van der Waals surface area (Å²) in [6, 6.07) is 20.5. The molecule has 3 aromatic carbocycles. The molecule has 0 unspecified atom stereocenters. The average Bonchev–Trinajstić information content (AvgIpc) is 3.34. The van der Waals surface area contributed by atoms with Crippen LogP contribution in [-0.4, -0.2) is 60.5 Å². The molecule has 9 heteroatoms. The summed E-state index contributed by atoms with van der Waals surface area (Å²) >= 11 is 0. The van der Waals surface area contributed by atoms with Crippen molar-refractivity contribution in [3.8, 4) is 11.5 Å². The molecular weight excluding hydrogens is 510 g/mol. The zero-order chi connectivity index (χ0) is 27.6. The molecule has 3 aromatic rings. The minimum atomic E-state index is -0.541. The molecule has 0 radical (unpaired) electrons. The molecule has 0 aromatic heterocycles. The van der Waals surface area contributed by atoms with E-state index in [4.69, 9.17) is 14.2 Å². The summed E-state index contributed by atoms with van der Waals surface area (Å²) in [7, 11) is 1.59. The number of fused-ring (bicyclic) bond motifs is 4. The highest BCUT2D eigenvalue weighted by molar-refractivity contribution is 5.99. The number of ether oxygens (including phenoxy) is 3. The highest BCUT2D eigenvalue weighted by atomic mass is 16.6. The van der Waals surface area contributed by atoms with Crippen LogP contribution in [0.15, 0.2) is 66.7 Å². The maximum atomic E-state index is 13.3. The molecule has 9 nitrogen and oxygen atoms in total. The van der Waals surface area contributed by atoms with Gasteiger partial charge in [-0.1, -0.05) is 24.3 Å². The standard InChI is InChI=1S/C31H33N3O6/c1-38-23-9-6-21(7-10-23)32-31(37)33-22-8-11-27-25(14-22)26-15-24(39-28(18-35)30(26)40-27)16-29(36)34-13-12-19-4-2-3-5-20(19)17-34/h2-11,14,24,26,28,30,35H,12-13,15-18H2,1H3,(H2,32,33,37)/t24-,26-,28-,30+/m1/s1. The molecule has 0 aliphatic carbocycles. The molecule has 208 valence electrons. The van der Waals surface area contributed by atoms with Gasteiger partial charge in [-0.15, -0.1) is 0 Å². The molecule has 40 heavy (non-hydrogen) atoms. The van der Waals surface area contributed by atoms with Gasteiger partial charge in [-0.25, -0.2) is 4.79 Å². The van der Waals surface area contributed by atoms with E-state index in [1.165, 1.54) is 11.1 Å². The highest BCUT2D eigenvalue weighted by Crippen LogP contribution is 2.47. The number of nitrogens with one attached hydrogen (secondary N) is 2. The second-order valence-electron chi connectivity index (χ2n) is 10.5. The molecule has 1 fully saturated rings. The van der Waals surface area contributed by atoms with Gasteiger partial charge in [0.25, 0.3) is 0 Å². The lowest BCUT2D eigenvalue weighted by Crippen LogP contribution is -2.48. The Labute approximate surface area is 233 Å². The molecule has 3 aliphatic rings. The van der Waals surface area contributed by atoms with Crippen LogP contribution < -0.4 is 20.1 Å². The summed E-state index contributed by atoms with van der Waals surface area (Å²) in [5.41, 5.74) is 4.70. The Bertz CT molecular complexity index is 1390. The van der Waals surface area contributed by atoms with Crippen molar-refractivity contribution in [1.29, 1.82) is 0 Å².